The molecule has 1 rings (SSSR count). The van der Waals surface area contributed by atoms with Gasteiger partial charge in [-0.05, 0) is 37.1 Å². The van der Waals surface area contributed by atoms with Crippen molar-refractivity contribution in [3.8, 4) is 0 Å². The lowest BCUT2D eigenvalue weighted by atomic mass is 10.1. The van der Waals surface area contributed by atoms with Crippen LogP contribution in [0, 0.1) is 12.7 Å². The van der Waals surface area contributed by atoms with Gasteiger partial charge in [-0.1, -0.05) is 6.92 Å². The predicted molar refractivity (Wildman–Crippen MR) is 66.8 cm³/mol. The molecule has 0 atom stereocenters. The van der Waals surface area contributed by atoms with Gasteiger partial charge in [0.15, 0.2) is 0 Å². The average Bonchev–Trinajstić information content (AvgIpc) is 2.36. The molecule has 0 spiro atoms. The first kappa shape index (κ1) is 14.2. The number of hydrogen-bond donors (Lipinski definition) is 2. The van der Waals surface area contributed by atoms with Crippen LogP contribution in [0.2, 0.25) is 0 Å². The van der Waals surface area contributed by atoms with Crippen molar-refractivity contribution in [2.24, 2.45) is 0 Å². The van der Waals surface area contributed by atoms with Gasteiger partial charge < -0.3 is 10.6 Å². The first-order chi connectivity index (χ1) is 8.54. The molecule has 0 radical (unpaired) electrons. The quantitative estimate of drug-likeness (QED) is 0.832. The normalized spacial score (nSPS) is 9.94. The number of rotatable bonds is 5. The molecular weight excluding hydrogens is 235 g/mol. The van der Waals surface area contributed by atoms with E-state index in [1.54, 1.807) is 6.92 Å². The standard InChI is InChI=1S/C13H17FN2O2/c1-3-6-15-12(17)8-16-13(18)10-4-5-11(14)9(2)7-10/h4-5,7H,3,6,8H2,1-2H3,(H,15,17)(H,16,18). The number of nitrogens with one attached hydrogen (secondary N) is 2. The van der Waals surface area contributed by atoms with Crippen molar-refractivity contribution >= 4 is 11.8 Å². The summed E-state index contributed by atoms with van der Waals surface area (Å²) in [6, 6.07) is 4.08. The topological polar surface area (TPSA) is 58.2 Å². The molecule has 0 aliphatic carbocycles. The summed E-state index contributed by atoms with van der Waals surface area (Å²) >= 11 is 0. The summed E-state index contributed by atoms with van der Waals surface area (Å²) in [6.45, 7) is 4.04. The van der Waals surface area contributed by atoms with E-state index in [0.29, 0.717) is 17.7 Å². The molecule has 0 fully saturated rings. The lowest BCUT2D eigenvalue weighted by Crippen LogP contribution is -2.37. The molecule has 0 saturated carbocycles. The number of aryl methyl sites for hydroxylation is 1. The van der Waals surface area contributed by atoms with E-state index < -0.39 is 0 Å². The maximum Gasteiger partial charge on any atom is 0.251 e. The molecule has 1 aromatic carbocycles. The molecule has 0 heterocycles. The van der Waals surface area contributed by atoms with E-state index in [1.165, 1.54) is 18.2 Å². The van der Waals surface area contributed by atoms with Gasteiger partial charge in [0, 0.05) is 12.1 Å². The van der Waals surface area contributed by atoms with Crippen LogP contribution in [-0.2, 0) is 4.79 Å². The van der Waals surface area contributed by atoms with Crippen molar-refractivity contribution < 1.29 is 14.0 Å². The molecule has 98 valence electrons. The van der Waals surface area contributed by atoms with Crippen molar-refractivity contribution in [1.82, 2.24) is 10.6 Å². The summed E-state index contributed by atoms with van der Waals surface area (Å²) in [5.74, 6) is -0.971. The number of hydrogen-bond acceptors (Lipinski definition) is 2. The van der Waals surface area contributed by atoms with Crippen LogP contribution >= 0.6 is 0 Å². The van der Waals surface area contributed by atoms with Gasteiger partial charge in [-0.15, -0.1) is 0 Å². The highest BCUT2D eigenvalue weighted by Gasteiger charge is 2.09. The molecule has 5 heteroatoms. The maximum absolute atomic E-state index is 13.0. The Balaban J connectivity index is 2.50. The Morgan fingerprint density at radius 2 is 2.00 bits per heavy atom. The second-order valence-electron chi connectivity index (χ2n) is 4.00. The molecular formula is C13H17FN2O2. The second kappa shape index (κ2) is 6.74. The molecule has 2 amide bonds. The van der Waals surface area contributed by atoms with Crippen molar-refractivity contribution in [1.29, 1.82) is 0 Å². The Bertz CT molecular complexity index is 447. The lowest BCUT2D eigenvalue weighted by Gasteiger charge is -2.06. The predicted octanol–water partition coefficient (Wildman–Crippen LogP) is 1.39. The van der Waals surface area contributed by atoms with Crippen molar-refractivity contribution in [3.05, 3.63) is 35.1 Å². The Labute approximate surface area is 106 Å². The Morgan fingerprint density at radius 3 is 2.61 bits per heavy atom. The molecule has 0 aliphatic heterocycles. The van der Waals surface area contributed by atoms with Gasteiger partial charge in [-0.25, -0.2) is 4.39 Å². The van der Waals surface area contributed by atoms with Crippen molar-refractivity contribution in [2.75, 3.05) is 13.1 Å². The molecule has 0 unspecified atom stereocenters. The monoisotopic (exact) mass is 252 g/mol. The van der Waals surface area contributed by atoms with Gasteiger partial charge in [0.1, 0.15) is 5.82 Å². The summed E-state index contributed by atoms with van der Waals surface area (Å²) in [5, 5.41) is 5.13. The van der Waals surface area contributed by atoms with Gasteiger partial charge >= 0.3 is 0 Å². The molecule has 2 N–H and O–H groups in total. The van der Waals surface area contributed by atoms with E-state index in [4.69, 9.17) is 0 Å². The van der Waals surface area contributed by atoms with Crippen LogP contribution in [0.5, 0.6) is 0 Å². The molecule has 1 aromatic rings. The molecule has 0 aromatic heterocycles. The number of benzene rings is 1. The van der Waals surface area contributed by atoms with E-state index >= 15 is 0 Å². The average molecular weight is 252 g/mol. The Hall–Kier alpha value is -1.91. The smallest absolute Gasteiger partial charge is 0.251 e. The number of amides is 2. The van der Waals surface area contributed by atoms with Gasteiger partial charge in [0.05, 0.1) is 6.54 Å². The third-order valence-corrected chi connectivity index (χ3v) is 2.40. The molecule has 0 aliphatic rings. The zero-order valence-corrected chi connectivity index (χ0v) is 10.5. The summed E-state index contributed by atoms with van der Waals surface area (Å²) in [4.78, 5) is 22.9. The minimum atomic E-state index is -0.384. The van der Waals surface area contributed by atoms with Crippen LogP contribution in [0.3, 0.4) is 0 Å². The maximum atomic E-state index is 13.0. The highest BCUT2D eigenvalue weighted by atomic mass is 19.1. The third kappa shape index (κ3) is 4.16. The summed E-state index contributed by atoms with van der Waals surface area (Å²) in [5.41, 5.74) is 0.746. The zero-order valence-electron chi connectivity index (χ0n) is 10.5. The van der Waals surface area contributed by atoms with E-state index in [2.05, 4.69) is 10.6 Å². The minimum absolute atomic E-state index is 0.0741. The van der Waals surface area contributed by atoms with Crippen molar-refractivity contribution in [2.45, 2.75) is 20.3 Å². The van der Waals surface area contributed by atoms with Crippen LogP contribution in [0.1, 0.15) is 29.3 Å². The zero-order chi connectivity index (χ0) is 13.5. The fourth-order valence-corrected chi connectivity index (χ4v) is 1.38. The van der Waals surface area contributed by atoms with Gasteiger partial charge in [0.2, 0.25) is 5.91 Å². The first-order valence-corrected chi connectivity index (χ1v) is 5.85. The molecule has 0 saturated heterocycles. The van der Waals surface area contributed by atoms with Crippen LogP contribution in [-0.4, -0.2) is 24.9 Å². The van der Waals surface area contributed by atoms with Crippen LogP contribution in [0.25, 0.3) is 0 Å². The van der Waals surface area contributed by atoms with E-state index in [1.807, 2.05) is 6.92 Å². The highest BCUT2D eigenvalue weighted by Crippen LogP contribution is 2.08. The summed E-state index contributed by atoms with van der Waals surface area (Å²) in [6.07, 6.45) is 0.844. The minimum Gasteiger partial charge on any atom is -0.355 e. The van der Waals surface area contributed by atoms with Crippen molar-refractivity contribution in [3.63, 3.8) is 0 Å². The fourth-order valence-electron chi connectivity index (χ4n) is 1.38. The van der Waals surface area contributed by atoms with Crippen LogP contribution in [0.4, 0.5) is 4.39 Å². The van der Waals surface area contributed by atoms with E-state index in [9.17, 15) is 14.0 Å². The number of halogens is 1. The second-order valence-corrected chi connectivity index (χ2v) is 4.00. The van der Waals surface area contributed by atoms with Crippen LogP contribution in [0.15, 0.2) is 18.2 Å². The SMILES string of the molecule is CCCNC(=O)CNC(=O)c1ccc(F)c(C)c1. The molecule has 4 nitrogen and oxygen atoms in total. The highest BCUT2D eigenvalue weighted by molar-refractivity contribution is 5.96. The summed E-state index contributed by atoms with van der Waals surface area (Å²) in [7, 11) is 0. The lowest BCUT2D eigenvalue weighted by molar-refractivity contribution is -0.120. The Kier molecular flexibility index (Phi) is 5.30. The number of carbonyl (C=O) groups is 2. The molecule has 18 heavy (non-hydrogen) atoms. The van der Waals surface area contributed by atoms with E-state index in [0.717, 1.165) is 6.42 Å². The van der Waals surface area contributed by atoms with Gasteiger partial charge in [-0.3, -0.25) is 9.59 Å². The Morgan fingerprint density at radius 1 is 1.28 bits per heavy atom. The number of carbonyl (C=O) groups excluding carboxylic acids is 2. The van der Waals surface area contributed by atoms with E-state index in [-0.39, 0.29) is 24.2 Å². The first-order valence-electron chi connectivity index (χ1n) is 5.85. The molecule has 0 bridgehead atoms. The summed E-state index contributed by atoms with van der Waals surface area (Å²) < 4.78 is 13.0. The van der Waals surface area contributed by atoms with Gasteiger partial charge in [0.25, 0.3) is 5.91 Å². The largest absolute Gasteiger partial charge is 0.355 e. The van der Waals surface area contributed by atoms with Gasteiger partial charge in [-0.2, -0.15) is 0 Å². The third-order valence-electron chi connectivity index (χ3n) is 2.40. The van der Waals surface area contributed by atoms with Crippen LogP contribution < -0.4 is 10.6 Å². The fraction of sp³-hybridized carbons (Fsp3) is 0.385.